The molecule has 6 heteroatoms. The van der Waals surface area contributed by atoms with Gasteiger partial charge in [-0.25, -0.2) is 9.37 Å². The van der Waals surface area contributed by atoms with Crippen molar-refractivity contribution in [3.05, 3.63) is 70.6 Å². The van der Waals surface area contributed by atoms with E-state index in [1.54, 1.807) is 24.4 Å². The van der Waals surface area contributed by atoms with Crippen LogP contribution in [0.5, 0.6) is 0 Å². The fraction of sp³-hybridized carbons (Fsp3) is 0.167. The molecule has 3 rings (SSSR count). The van der Waals surface area contributed by atoms with E-state index in [1.165, 1.54) is 17.4 Å². The van der Waals surface area contributed by atoms with Gasteiger partial charge in [-0.05, 0) is 25.1 Å². The van der Waals surface area contributed by atoms with E-state index in [4.69, 9.17) is 0 Å². The van der Waals surface area contributed by atoms with Gasteiger partial charge >= 0.3 is 0 Å². The molecule has 122 valence electrons. The van der Waals surface area contributed by atoms with Crippen LogP contribution in [-0.2, 0) is 17.8 Å². The molecule has 0 aliphatic rings. The zero-order chi connectivity index (χ0) is 16.9. The molecule has 0 saturated carbocycles. The molecule has 0 saturated heterocycles. The van der Waals surface area contributed by atoms with Gasteiger partial charge in [0.1, 0.15) is 10.8 Å². The van der Waals surface area contributed by atoms with Gasteiger partial charge in [-0.2, -0.15) is 0 Å². The van der Waals surface area contributed by atoms with E-state index >= 15 is 0 Å². The number of halogens is 1. The Morgan fingerprint density at radius 1 is 1.21 bits per heavy atom. The molecule has 1 amide bonds. The molecule has 0 aliphatic carbocycles. The summed E-state index contributed by atoms with van der Waals surface area (Å²) in [5.41, 5.74) is 2.09. The fourth-order valence-electron chi connectivity index (χ4n) is 2.23. The van der Waals surface area contributed by atoms with Crippen LogP contribution in [-0.4, -0.2) is 15.9 Å². The number of aryl methyl sites for hydroxylation is 1. The van der Waals surface area contributed by atoms with Crippen molar-refractivity contribution in [3.8, 4) is 10.7 Å². The molecule has 24 heavy (non-hydrogen) atoms. The van der Waals surface area contributed by atoms with Crippen LogP contribution in [0.15, 0.2) is 48.7 Å². The number of nitrogens with one attached hydrogen (secondary N) is 1. The van der Waals surface area contributed by atoms with Gasteiger partial charge in [0.15, 0.2) is 0 Å². The maximum atomic E-state index is 13.6. The number of thiazole rings is 1. The number of nitrogens with zero attached hydrogens (tertiary/aromatic N) is 2. The third-order valence-corrected chi connectivity index (χ3v) is 4.71. The number of hydrogen-bond acceptors (Lipinski definition) is 4. The van der Waals surface area contributed by atoms with Crippen LogP contribution in [0.3, 0.4) is 0 Å². The van der Waals surface area contributed by atoms with Crippen LogP contribution in [0, 0.1) is 12.7 Å². The first-order chi connectivity index (χ1) is 11.6. The predicted molar refractivity (Wildman–Crippen MR) is 92.0 cm³/mol. The van der Waals surface area contributed by atoms with Crippen molar-refractivity contribution in [1.29, 1.82) is 0 Å². The summed E-state index contributed by atoms with van der Waals surface area (Å²) in [5.74, 6) is -0.471. The number of carbonyl (C=O) groups is 1. The first kappa shape index (κ1) is 16.3. The minimum Gasteiger partial charge on any atom is -0.352 e. The predicted octanol–water partition coefficient (Wildman–Crippen LogP) is 3.51. The molecule has 4 nitrogen and oxygen atoms in total. The van der Waals surface area contributed by atoms with Crippen molar-refractivity contribution in [2.75, 3.05) is 0 Å². The van der Waals surface area contributed by atoms with Crippen LogP contribution in [0.2, 0.25) is 0 Å². The van der Waals surface area contributed by atoms with Crippen LogP contribution in [0.25, 0.3) is 10.7 Å². The van der Waals surface area contributed by atoms with E-state index in [0.717, 1.165) is 21.3 Å². The Morgan fingerprint density at radius 2 is 2.00 bits per heavy atom. The molecule has 0 radical (unpaired) electrons. The number of carbonyl (C=O) groups excluding carboxylic acids is 1. The van der Waals surface area contributed by atoms with Crippen molar-refractivity contribution in [3.63, 3.8) is 0 Å². The second kappa shape index (κ2) is 7.31. The van der Waals surface area contributed by atoms with Gasteiger partial charge in [0.05, 0.1) is 17.8 Å². The molecule has 0 aliphatic heterocycles. The molecule has 2 aromatic heterocycles. The zero-order valence-corrected chi connectivity index (χ0v) is 13.9. The Morgan fingerprint density at radius 3 is 2.75 bits per heavy atom. The standard InChI is InChI=1S/C18H16FN3OS/c1-12-16(24-18(22-12)15-8-4-5-9-20-15)10-17(23)21-11-13-6-2-3-7-14(13)19/h2-9H,10-11H2,1H3,(H,21,23). The van der Waals surface area contributed by atoms with Gasteiger partial charge in [-0.15, -0.1) is 11.3 Å². The molecule has 1 N–H and O–H groups in total. The highest BCUT2D eigenvalue weighted by atomic mass is 32.1. The summed E-state index contributed by atoms with van der Waals surface area (Å²) in [5, 5.41) is 3.55. The summed E-state index contributed by atoms with van der Waals surface area (Å²) in [6.07, 6.45) is 1.94. The maximum absolute atomic E-state index is 13.6. The molecule has 0 bridgehead atoms. The molecule has 0 fully saturated rings. The van der Waals surface area contributed by atoms with Crippen molar-refractivity contribution in [2.24, 2.45) is 0 Å². The third-order valence-electron chi connectivity index (χ3n) is 3.53. The molecule has 0 unspecified atom stereocenters. The highest BCUT2D eigenvalue weighted by Crippen LogP contribution is 2.26. The third kappa shape index (κ3) is 3.83. The van der Waals surface area contributed by atoms with Crippen LogP contribution < -0.4 is 5.32 Å². The first-order valence-corrected chi connectivity index (χ1v) is 8.33. The summed E-state index contributed by atoms with van der Waals surface area (Å²) >= 11 is 1.46. The van der Waals surface area contributed by atoms with E-state index in [0.29, 0.717) is 5.56 Å². The minimum absolute atomic E-state index is 0.155. The number of benzene rings is 1. The second-order valence-electron chi connectivity index (χ2n) is 5.29. The average Bonchev–Trinajstić information content (AvgIpc) is 2.96. The Balaban J connectivity index is 1.65. The quantitative estimate of drug-likeness (QED) is 0.773. The molecule has 2 heterocycles. The summed E-state index contributed by atoms with van der Waals surface area (Å²) in [6, 6.07) is 12.1. The Bertz CT molecular complexity index is 848. The van der Waals surface area contributed by atoms with Gasteiger partial charge in [0.2, 0.25) is 5.91 Å². The lowest BCUT2D eigenvalue weighted by Gasteiger charge is -2.05. The van der Waals surface area contributed by atoms with Gasteiger partial charge in [-0.1, -0.05) is 24.3 Å². The van der Waals surface area contributed by atoms with E-state index < -0.39 is 0 Å². The second-order valence-corrected chi connectivity index (χ2v) is 6.37. The van der Waals surface area contributed by atoms with Crippen molar-refractivity contribution in [1.82, 2.24) is 15.3 Å². The Labute approximate surface area is 143 Å². The summed E-state index contributed by atoms with van der Waals surface area (Å²) in [4.78, 5) is 21.8. The lowest BCUT2D eigenvalue weighted by molar-refractivity contribution is -0.120. The first-order valence-electron chi connectivity index (χ1n) is 7.51. The molecule has 3 aromatic rings. The molecule has 0 spiro atoms. The topological polar surface area (TPSA) is 54.9 Å². The van der Waals surface area contributed by atoms with E-state index in [2.05, 4.69) is 15.3 Å². The number of hydrogen-bond donors (Lipinski definition) is 1. The lowest BCUT2D eigenvalue weighted by atomic mass is 10.2. The monoisotopic (exact) mass is 341 g/mol. The van der Waals surface area contributed by atoms with E-state index in [1.807, 2.05) is 25.1 Å². The Kier molecular flexibility index (Phi) is 4.96. The number of pyridine rings is 1. The van der Waals surface area contributed by atoms with E-state index in [9.17, 15) is 9.18 Å². The summed E-state index contributed by atoms with van der Waals surface area (Å²) in [6.45, 7) is 2.05. The maximum Gasteiger partial charge on any atom is 0.225 e. The number of aromatic nitrogens is 2. The highest BCUT2D eigenvalue weighted by Gasteiger charge is 2.13. The van der Waals surface area contributed by atoms with Crippen LogP contribution in [0.4, 0.5) is 4.39 Å². The number of rotatable bonds is 5. The fourth-order valence-corrected chi connectivity index (χ4v) is 3.27. The van der Waals surface area contributed by atoms with Crippen molar-refractivity contribution >= 4 is 17.2 Å². The molecular formula is C18H16FN3OS. The van der Waals surface area contributed by atoms with E-state index in [-0.39, 0.29) is 24.7 Å². The minimum atomic E-state index is -0.316. The molecule has 1 aromatic carbocycles. The normalized spacial score (nSPS) is 10.6. The largest absolute Gasteiger partial charge is 0.352 e. The van der Waals surface area contributed by atoms with Gasteiger partial charge < -0.3 is 5.32 Å². The van der Waals surface area contributed by atoms with Gasteiger partial charge in [0, 0.05) is 23.2 Å². The summed E-state index contributed by atoms with van der Waals surface area (Å²) < 4.78 is 13.6. The van der Waals surface area contributed by atoms with Crippen LogP contribution in [0.1, 0.15) is 16.1 Å². The highest BCUT2D eigenvalue weighted by molar-refractivity contribution is 7.15. The van der Waals surface area contributed by atoms with Crippen LogP contribution >= 0.6 is 11.3 Å². The zero-order valence-electron chi connectivity index (χ0n) is 13.1. The smallest absolute Gasteiger partial charge is 0.225 e. The van der Waals surface area contributed by atoms with Gasteiger partial charge in [0.25, 0.3) is 0 Å². The Hall–Kier alpha value is -2.60. The lowest BCUT2D eigenvalue weighted by Crippen LogP contribution is -2.24. The number of amides is 1. The average molecular weight is 341 g/mol. The molecule has 0 atom stereocenters. The van der Waals surface area contributed by atoms with Crippen molar-refractivity contribution in [2.45, 2.75) is 19.9 Å². The SMILES string of the molecule is Cc1nc(-c2ccccn2)sc1CC(=O)NCc1ccccc1F. The molecular weight excluding hydrogens is 325 g/mol. The van der Waals surface area contributed by atoms with Gasteiger partial charge in [-0.3, -0.25) is 9.78 Å². The van der Waals surface area contributed by atoms with Crippen molar-refractivity contribution < 1.29 is 9.18 Å². The summed E-state index contributed by atoms with van der Waals surface area (Å²) in [7, 11) is 0.